The molecule has 0 aromatic carbocycles. The summed E-state index contributed by atoms with van der Waals surface area (Å²) in [5, 5.41) is 13.2. The van der Waals surface area contributed by atoms with Gasteiger partial charge in [-0.3, -0.25) is 4.98 Å². The normalized spacial score (nSPS) is 15.1. The lowest BCUT2D eigenvalue weighted by Crippen LogP contribution is -2.32. The molecular formula is C11H18N2O. The van der Waals surface area contributed by atoms with Gasteiger partial charge in [-0.2, -0.15) is 0 Å². The van der Waals surface area contributed by atoms with Gasteiger partial charge in [-0.05, 0) is 26.0 Å². The van der Waals surface area contributed by atoms with Crippen molar-refractivity contribution in [3.63, 3.8) is 0 Å². The highest BCUT2D eigenvalue weighted by Gasteiger charge is 2.14. The molecule has 0 aliphatic rings. The van der Waals surface area contributed by atoms with Crippen molar-refractivity contribution < 1.29 is 5.11 Å². The van der Waals surface area contributed by atoms with E-state index in [-0.39, 0.29) is 6.04 Å². The number of aliphatic hydroxyl groups is 1. The molecule has 0 aliphatic heterocycles. The third-order valence-electron chi connectivity index (χ3n) is 2.22. The van der Waals surface area contributed by atoms with Crippen LogP contribution in [0, 0.1) is 0 Å². The molecule has 2 atom stereocenters. The minimum absolute atomic E-state index is 0.0687. The smallest absolute Gasteiger partial charge is 0.0955 e. The molecule has 14 heavy (non-hydrogen) atoms. The maximum atomic E-state index is 9.91. The summed E-state index contributed by atoms with van der Waals surface area (Å²) >= 11 is 0. The largest absolute Gasteiger partial charge is 0.387 e. The van der Waals surface area contributed by atoms with E-state index in [2.05, 4.69) is 17.2 Å². The van der Waals surface area contributed by atoms with Crippen molar-refractivity contribution in [3.05, 3.63) is 30.1 Å². The molecule has 3 heteroatoms. The van der Waals surface area contributed by atoms with Crippen LogP contribution in [0.4, 0.5) is 0 Å². The Morgan fingerprint density at radius 1 is 1.57 bits per heavy atom. The van der Waals surface area contributed by atoms with Gasteiger partial charge in [0.1, 0.15) is 0 Å². The van der Waals surface area contributed by atoms with Crippen LogP contribution in [-0.2, 0) is 0 Å². The Hall–Kier alpha value is -0.930. The van der Waals surface area contributed by atoms with Crippen molar-refractivity contribution in [1.82, 2.24) is 10.3 Å². The molecule has 1 unspecified atom stereocenters. The Morgan fingerprint density at radius 2 is 2.36 bits per heavy atom. The zero-order chi connectivity index (χ0) is 10.4. The molecule has 78 valence electrons. The average molecular weight is 194 g/mol. The third-order valence-corrected chi connectivity index (χ3v) is 2.22. The van der Waals surface area contributed by atoms with E-state index in [9.17, 15) is 5.11 Å². The van der Waals surface area contributed by atoms with Gasteiger partial charge in [0, 0.05) is 24.0 Å². The highest BCUT2D eigenvalue weighted by molar-refractivity contribution is 5.13. The highest BCUT2D eigenvalue weighted by Crippen LogP contribution is 2.14. The first-order valence-corrected chi connectivity index (χ1v) is 5.07. The van der Waals surface area contributed by atoms with Crippen LogP contribution in [0.15, 0.2) is 24.5 Å². The number of hydrogen-bond acceptors (Lipinski definition) is 3. The van der Waals surface area contributed by atoms with Crippen LogP contribution in [0.3, 0.4) is 0 Å². The molecule has 0 bridgehead atoms. The zero-order valence-corrected chi connectivity index (χ0v) is 8.77. The fourth-order valence-electron chi connectivity index (χ4n) is 1.32. The summed E-state index contributed by atoms with van der Waals surface area (Å²) in [5.41, 5.74) is 0.864. The minimum atomic E-state index is -0.477. The second kappa shape index (κ2) is 5.73. The maximum absolute atomic E-state index is 9.91. The van der Waals surface area contributed by atoms with E-state index in [1.54, 1.807) is 12.4 Å². The van der Waals surface area contributed by atoms with Crippen molar-refractivity contribution in [3.8, 4) is 0 Å². The van der Waals surface area contributed by atoms with Gasteiger partial charge in [-0.25, -0.2) is 0 Å². The summed E-state index contributed by atoms with van der Waals surface area (Å²) in [6.07, 6.45) is 4.01. The molecule has 0 amide bonds. The highest BCUT2D eigenvalue weighted by atomic mass is 16.3. The lowest BCUT2D eigenvalue weighted by molar-refractivity contribution is 0.136. The van der Waals surface area contributed by atoms with Crippen LogP contribution in [-0.4, -0.2) is 22.7 Å². The van der Waals surface area contributed by atoms with E-state index >= 15 is 0 Å². The van der Waals surface area contributed by atoms with Crippen molar-refractivity contribution >= 4 is 0 Å². The third kappa shape index (κ3) is 3.09. The van der Waals surface area contributed by atoms with Crippen molar-refractivity contribution in [1.29, 1.82) is 0 Å². The van der Waals surface area contributed by atoms with E-state index in [1.165, 1.54) is 0 Å². The van der Waals surface area contributed by atoms with Crippen LogP contribution in [0.25, 0.3) is 0 Å². The van der Waals surface area contributed by atoms with Crippen molar-refractivity contribution in [2.45, 2.75) is 32.4 Å². The molecule has 0 spiro atoms. The zero-order valence-electron chi connectivity index (χ0n) is 8.77. The maximum Gasteiger partial charge on any atom is 0.0955 e. The Morgan fingerprint density at radius 3 is 2.93 bits per heavy atom. The van der Waals surface area contributed by atoms with E-state index < -0.39 is 6.10 Å². The minimum Gasteiger partial charge on any atom is -0.387 e. The molecule has 1 aromatic heterocycles. The van der Waals surface area contributed by atoms with E-state index in [0.717, 1.165) is 18.5 Å². The van der Waals surface area contributed by atoms with Gasteiger partial charge in [0.2, 0.25) is 0 Å². The molecule has 0 radical (unpaired) electrons. The van der Waals surface area contributed by atoms with Gasteiger partial charge >= 0.3 is 0 Å². The fraction of sp³-hybridized carbons (Fsp3) is 0.545. The molecule has 1 rings (SSSR count). The number of rotatable bonds is 5. The first-order chi connectivity index (χ1) is 6.75. The van der Waals surface area contributed by atoms with Crippen LogP contribution < -0.4 is 5.32 Å². The van der Waals surface area contributed by atoms with Gasteiger partial charge < -0.3 is 10.4 Å². The summed E-state index contributed by atoms with van der Waals surface area (Å²) in [5.74, 6) is 0. The van der Waals surface area contributed by atoms with Gasteiger partial charge in [0.25, 0.3) is 0 Å². The molecule has 0 saturated heterocycles. The number of aromatic nitrogens is 1. The molecule has 0 aliphatic carbocycles. The SMILES string of the molecule is CCCN[C@@H](C)C(O)c1cccnc1. The van der Waals surface area contributed by atoms with Crippen molar-refractivity contribution in [2.24, 2.45) is 0 Å². The van der Waals surface area contributed by atoms with Crippen LogP contribution in [0.1, 0.15) is 31.9 Å². The summed E-state index contributed by atoms with van der Waals surface area (Å²) in [7, 11) is 0. The summed E-state index contributed by atoms with van der Waals surface area (Å²) < 4.78 is 0. The quantitative estimate of drug-likeness (QED) is 0.746. The molecule has 0 saturated carbocycles. The summed E-state index contributed by atoms with van der Waals surface area (Å²) in [6, 6.07) is 3.80. The van der Waals surface area contributed by atoms with E-state index in [4.69, 9.17) is 0 Å². The summed E-state index contributed by atoms with van der Waals surface area (Å²) in [4.78, 5) is 3.98. The van der Waals surface area contributed by atoms with Gasteiger partial charge in [0.05, 0.1) is 6.10 Å². The lowest BCUT2D eigenvalue weighted by Gasteiger charge is -2.19. The molecule has 3 nitrogen and oxygen atoms in total. The second-order valence-corrected chi connectivity index (χ2v) is 3.47. The first-order valence-electron chi connectivity index (χ1n) is 5.07. The topological polar surface area (TPSA) is 45.1 Å². The Kier molecular flexibility index (Phi) is 4.56. The Bertz CT molecular complexity index is 251. The predicted octanol–water partition coefficient (Wildman–Crippen LogP) is 1.50. The van der Waals surface area contributed by atoms with E-state index in [0.29, 0.717) is 0 Å². The monoisotopic (exact) mass is 194 g/mol. The molecule has 1 heterocycles. The molecule has 2 N–H and O–H groups in total. The predicted molar refractivity (Wildman–Crippen MR) is 57.0 cm³/mol. The number of pyridine rings is 1. The summed E-state index contributed by atoms with van der Waals surface area (Å²) in [6.45, 7) is 5.02. The van der Waals surface area contributed by atoms with Crippen molar-refractivity contribution in [2.75, 3.05) is 6.54 Å². The number of hydrogen-bond donors (Lipinski definition) is 2. The van der Waals surface area contributed by atoms with Crippen LogP contribution in [0.5, 0.6) is 0 Å². The van der Waals surface area contributed by atoms with E-state index in [1.807, 2.05) is 19.1 Å². The van der Waals surface area contributed by atoms with Crippen LogP contribution in [0.2, 0.25) is 0 Å². The van der Waals surface area contributed by atoms with Gasteiger partial charge in [-0.15, -0.1) is 0 Å². The number of nitrogens with zero attached hydrogens (tertiary/aromatic N) is 1. The molecule has 0 fully saturated rings. The first kappa shape index (κ1) is 11.1. The van der Waals surface area contributed by atoms with Gasteiger partial charge in [-0.1, -0.05) is 13.0 Å². The number of aliphatic hydroxyl groups excluding tert-OH is 1. The Balaban J connectivity index is 2.52. The molecule has 1 aromatic rings. The fourth-order valence-corrected chi connectivity index (χ4v) is 1.32. The average Bonchev–Trinajstić information content (AvgIpc) is 2.26. The molecular weight excluding hydrogens is 176 g/mol. The standard InChI is InChI=1S/C11H18N2O/c1-3-6-13-9(2)11(14)10-5-4-7-12-8-10/h4-5,7-9,11,13-14H,3,6H2,1-2H3/t9-,11?/m0/s1. The van der Waals surface area contributed by atoms with Gasteiger partial charge in [0.15, 0.2) is 0 Å². The number of nitrogens with one attached hydrogen (secondary N) is 1. The second-order valence-electron chi connectivity index (χ2n) is 3.47. The Labute approximate surface area is 85.2 Å². The van der Waals surface area contributed by atoms with Crippen LogP contribution >= 0.6 is 0 Å². The lowest BCUT2D eigenvalue weighted by atomic mass is 10.1.